The van der Waals surface area contributed by atoms with Crippen molar-refractivity contribution < 1.29 is 0 Å². The van der Waals surface area contributed by atoms with Crippen molar-refractivity contribution in [1.82, 2.24) is 14.7 Å². The highest BCUT2D eigenvalue weighted by Gasteiger charge is 2.34. The second-order valence-electron chi connectivity index (χ2n) is 4.86. The van der Waals surface area contributed by atoms with Crippen LogP contribution >= 0.6 is 11.5 Å². The summed E-state index contributed by atoms with van der Waals surface area (Å²) in [5.41, 5.74) is 0.382. The molecule has 1 fully saturated rings. The third kappa shape index (κ3) is 2.35. The Kier molecular flexibility index (Phi) is 3.44. The van der Waals surface area contributed by atoms with Gasteiger partial charge in [0, 0.05) is 37.6 Å². The minimum atomic E-state index is 0.382. The molecule has 1 atom stereocenters. The molecular weight excluding hydrogens is 220 g/mol. The first kappa shape index (κ1) is 11.8. The maximum absolute atomic E-state index is 4.55. The Labute approximate surface area is 101 Å². The van der Waals surface area contributed by atoms with Gasteiger partial charge in [0.05, 0.1) is 0 Å². The molecule has 0 radical (unpaired) electrons. The van der Waals surface area contributed by atoms with Crippen molar-refractivity contribution in [1.29, 1.82) is 0 Å². The fourth-order valence-electron chi connectivity index (χ4n) is 2.27. The van der Waals surface area contributed by atoms with Crippen LogP contribution in [0.2, 0.25) is 0 Å². The Bertz CT molecular complexity index is 352. The second kappa shape index (κ2) is 4.67. The molecule has 1 aromatic heterocycles. The van der Waals surface area contributed by atoms with E-state index in [0.717, 1.165) is 37.0 Å². The van der Waals surface area contributed by atoms with Gasteiger partial charge in [0.1, 0.15) is 5.82 Å². The van der Waals surface area contributed by atoms with E-state index >= 15 is 0 Å². The van der Waals surface area contributed by atoms with E-state index in [9.17, 15) is 0 Å². The van der Waals surface area contributed by atoms with Gasteiger partial charge in [-0.1, -0.05) is 13.8 Å². The summed E-state index contributed by atoms with van der Waals surface area (Å²) in [7, 11) is 2.02. The average Bonchev–Trinajstić information content (AvgIpc) is 2.85. The van der Waals surface area contributed by atoms with E-state index in [1.165, 1.54) is 18.0 Å². The molecule has 1 aromatic rings. The third-order valence-electron chi connectivity index (χ3n) is 3.21. The Morgan fingerprint density at radius 1 is 1.56 bits per heavy atom. The van der Waals surface area contributed by atoms with Gasteiger partial charge in [-0.3, -0.25) is 0 Å². The molecule has 5 heteroatoms. The van der Waals surface area contributed by atoms with Gasteiger partial charge < -0.3 is 10.2 Å². The second-order valence-corrected chi connectivity index (χ2v) is 5.59. The fourth-order valence-corrected chi connectivity index (χ4v) is 3.05. The summed E-state index contributed by atoms with van der Waals surface area (Å²) >= 11 is 1.53. The third-order valence-corrected chi connectivity index (χ3v) is 4.02. The normalized spacial score (nSPS) is 25.3. The Balaban J connectivity index is 2.02. The molecule has 90 valence electrons. The zero-order chi connectivity index (χ0) is 11.6. The predicted molar refractivity (Wildman–Crippen MR) is 68.2 cm³/mol. The standard InChI is InChI=1S/C11H20N4S/c1-4-9-13-10(16-14-9)15-6-5-11(2,8-15)7-12-3/h12H,4-8H2,1-3H3. The molecule has 0 aromatic carbocycles. The summed E-state index contributed by atoms with van der Waals surface area (Å²) in [4.78, 5) is 6.92. The molecule has 1 saturated heterocycles. The highest BCUT2D eigenvalue weighted by Crippen LogP contribution is 2.33. The summed E-state index contributed by atoms with van der Waals surface area (Å²) < 4.78 is 4.35. The van der Waals surface area contributed by atoms with Gasteiger partial charge in [0.25, 0.3) is 0 Å². The van der Waals surface area contributed by atoms with Crippen LogP contribution in [0.5, 0.6) is 0 Å². The average molecular weight is 240 g/mol. The van der Waals surface area contributed by atoms with Gasteiger partial charge in [-0.2, -0.15) is 4.37 Å². The quantitative estimate of drug-likeness (QED) is 0.866. The van der Waals surface area contributed by atoms with Crippen LogP contribution in [0.4, 0.5) is 5.13 Å². The molecule has 0 spiro atoms. The number of nitrogens with zero attached hydrogens (tertiary/aromatic N) is 3. The molecule has 0 amide bonds. The molecule has 1 aliphatic heterocycles. The summed E-state index contributed by atoms with van der Waals surface area (Å²) in [6.07, 6.45) is 2.16. The van der Waals surface area contributed by atoms with Crippen LogP contribution in [0.1, 0.15) is 26.1 Å². The number of rotatable bonds is 4. The van der Waals surface area contributed by atoms with Crippen LogP contribution in [0.25, 0.3) is 0 Å². The molecule has 2 rings (SSSR count). The van der Waals surface area contributed by atoms with E-state index < -0.39 is 0 Å². The number of aryl methyl sites for hydroxylation is 1. The van der Waals surface area contributed by atoms with Crippen molar-refractivity contribution in [2.45, 2.75) is 26.7 Å². The first-order chi connectivity index (χ1) is 7.67. The number of anilines is 1. The summed E-state index contributed by atoms with van der Waals surface area (Å²) in [6, 6.07) is 0. The first-order valence-electron chi connectivity index (χ1n) is 5.89. The van der Waals surface area contributed by atoms with Crippen molar-refractivity contribution in [3.8, 4) is 0 Å². The molecule has 2 heterocycles. The molecule has 0 saturated carbocycles. The first-order valence-corrected chi connectivity index (χ1v) is 6.66. The maximum atomic E-state index is 4.55. The molecule has 1 N–H and O–H groups in total. The SMILES string of the molecule is CCc1nsc(N2CCC(C)(CNC)C2)n1. The lowest BCUT2D eigenvalue weighted by atomic mass is 9.90. The topological polar surface area (TPSA) is 41.1 Å². The van der Waals surface area contributed by atoms with Gasteiger partial charge >= 0.3 is 0 Å². The van der Waals surface area contributed by atoms with Crippen molar-refractivity contribution in [2.24, 2.45) is 5.41 Å². The Morgan fingerprint density at radius 3 is 3.00 bits per heavy atom. The van der Waals surface area contributed by atoms with Gasteiger partial charge in [-0.15, -0.1) is 0 Å². The number of aromatic nitrogens is 2. The van der Waals surface area contributed by atoms with E-state index in [0.29, 0.717) is 5.41 Å². The van der Waals surface area contributed by atoms with Crippen LogP contribution < -0.4 is 10.2 Å². The van der Waals surface area contributed by atoms with E-state index in [1.807, 2.05) is 7.05 Å². The monoisotopic (exact) mass is 240 g/mol. The molecule has 1 aliphatic rings. The molecule has 0 bridgehead atoms. The number of nitrogens with one attached hydrogen (secondary N) is 1. The van der Waals surface area contributed by atoms with Crippen LogP contribution in [-0.2, 0) is 6.42 Å². The van der Waals surface area contributed by atoms with E-state index in [4.69, 9.17) is 0 Å². The van der Waals surface area contributed by atoms with Crippen LogP contribution in [-0.4, -0.2) is 36.0 Å². The van der Waals surface area contributed by atoms with Crippen molar-refractivity contribution in [3.05, 3.63) is 5.82 Å². The lowest BCUT2D eigenvalue weighted by Gasteiger charge is -2.23. The largest absolute Gasteiger partial charge is 0.346 e. The maximum Gasteiger partial charge on any atom is 0.205 e. The van der Waals surface area contributed by atoms with Crippen molar-refractivity contribution >= 4 is 16.7 Å². The summed E-state index contributed by atoms with van der Waals surface area (Å²) in [5, 5.41) is 4.37. The van der Waals surface area contributed by atoms with Crippen molar-refractivity contribution in [2.75, 3.05) is 31.6 Å². The van der Waals surface area contributed by atoms with Crippen LogP contribution in [0.3, 0.4) is 0 Å². The van der Waals surface area contributed by atoms with Crippen molar-refractivity contribution in [3.63, 3.8) is 0 Å². The molecule has 16 heavy (non-hydrogen) atoms. The number of hydrogen-bond donors (Lipinski definition) is 1. The summed E-state index contributed by atoms with van der Waals surface area (Å²) in [5.74, 6) is 0.974. The lowest BCUT2D eigenvalue weighted by molar-refractivity contribution is 0.356. The van der Waals surface area contributed by atoms with Crippen LogP contribution in [0, 0.1) is 5.41 Å². The fraction of sp³-hybridized carbons (Fsp3) is 0.818. The highest BCUT2D eigenvalue weighted by atomic mass is 32.1. The van der Waals surface area contributed by atoms with Crippen LogP contribution in [0.15, 0.2) is 0 Å². The molecule has 0 aliphatic carbocycles. The summed E-state index contributed by atoms with van der Waals surface area (Å²) in [6.45, 7) is 7.71. The Hall–Kier alpha value is -0.680. The zero-order valence-electron chi connectivity index (χ0n) is 10.3. The smallest absolute Gasteiger partial charge is 0.205 e. The zero-order valence-corrected chi connectivity index (χ0v) is 11.1. The molecule has 1 unspecified atom stereocenters. The Morgan fingerprint density at radius 2 is 2.38 bits per heavy atom. The minimum absolute atomic E-state index is 0.382. The van der Waals surface area contributed by atoms with Gasteiger partial charge in [-0.05, 0) is 18.9 Å². The minimum Gasteiger partial charge on any atom is -0.346 e. The highest BCUT2D eigenvalue weighted by molar-refractivity contribution is 7.09. The van der Waals surface area contributed by atoms with E-state index in [-0.39, 0.29) is 0 Å². The van der Waals surface area contributed by atoms with Gasteiger partial charge in [-0.25, -0.2) is 4.98 Å². The van der Waals surface area contributed by atoms with Gasteiger partial charge in [0.2, 0.25) is 5.13 Å². The predicted octanol–water partition coefficient (Wildman–Crippen LogP) is 1.54. The van der Waals surface area contributed by atoms with Gasteiger partial charge in [0.15, 0.2) is 0 Å². The molecule has 4 nitrogen and oxygen atoms in total. The number of hydrogen-bond acceptors (Lipinski definition) is 5. The lowest BCUT2D eigenvalue weighted by Crippen LogP contribution is -2.33. The van der Waals surface area contributed by atoms with E-state index in [2.05, 4.69) is 33.4 Å². The van der Waals surface area contributed by atoms with E-state index in [1.54, 1.807) is 0 Å². The molecular formula is C11H20N4S.